The molecule has 3 aromatic carbocycles. The van der Waals surface area contributed by atoms with Gasteiger partial charge in [-0.15, -0.1) is 0 Å². The molecule has 0 aliphatic rings. The van der Waals surface area contributed by atoms with Gasteiger partial charge in [-0.3, -0.25) is 0 Å². The summed E-state index contributed by atoms with van der Waals surface area (Å²) in [7, 11) is 0.189. The summed E-state index contributed by atoms with van der Waals surface area (Å²) in [5, 5.41) is 3.98. The van der Waals surface area contributed by atoms with Gasteiger partial charge in [0.25, 0.3) is 0 Å². The molecule has 2 unspecified atom stereocenters. The van der Waals surface area contributed by atoms with Crippen LogP contribution in [-0.4, -0.2) is 20.3 Å². The van der Waals surface area contributed by atoms with E-state index in [9.17, 15) is 4.21 Å². The zero-order chi connectivity index (χ0) is 21.0. The molecule has 0 heterocycles. The van der Waals surface area contributed by atoms with Gasteiger partial charge in [0.15, 0.2) is 0 Å². The fraction of sp³-hybridized carbons (Fsp3) is 0.280. The van der Waals surface area contributed by atoms with E-state index in [1.165, 1.54) is 21.5 Å². The number of nitrogens with zero attached hydrogens (tertiary/aromatic N) is 1. The van der Waals surface area contributed by atoms with Crippen molar-refractivity contribution in [1.82, 2.24) is 4.31 Å². The molecular weight excluding hydrogens is 393 g/mol. The molecule has 0 spiro atoms. The van der Waals surface area contributed by atoms with Crippen LogP contribution in [0.3, 0.4) is 0 Å². The number of hydrogen-bond acceptors (Lipinski definition) is 1. The van der Waals surface area contributed by atoms with Crippen LogP contribution in [0.1, 0.15) is 39.3 Å². The van der Waals surface area contributed by atoms with Gasteiger partial charge in [0.1, 0.15) is 0 Å². The summed E-state index contributed by atoms with van der Waals surface area (Å²) in [6, 6.07) is 30.1. The van der Waals surface area contributed by atoms with Gasteiger partial charge in [-0.1, -0.05) is 84.9 Å². The highest BCUT2D eigenvalue weighted by Gasteiger charge is 2.30. The highest BCUT2D eigenvalue weighted by Crippen LogP contribution is 2.37. The number of rotatable bonds is 6. The average Bonchev–Trinajstić information content (AvgIpc) is 2.73. The topological polar surface area (TPSA) is 20.3 Å². The minimum absolute atomic E-state index is 0.0451. The summed E-state index contributed by atoms with van der Waals surface area (Å²) in [4.78, 5) is 0. The van der Waals surface area contributed by atoms with Crippen molar-refractivity contribution in [2.75, 3.05) is 7.05 Å². The monoisotopic (exact) mass is 423 g/mol. The second-order valence-corrected chi connectivity index (χ2v) is 12.6. The Morgan fingerprint density at radius 3 is 1.72 bits per heavy atom. The first-order chi connectivity index (χ1) is 13.8. The Balaban J connectivity index is 2.11. The summed E-state index contributed by atoms with van der Waals surface area (Å²) in [5.41, 5.74) is 1.24. The van der Waals surface area contributed by atoms with Crippen LogP contribution in [0.25, 0.3) is 0 Å². The summed E-state index contributed by atoms with van der Waals surface area (Å²) in [5.74, 6) is 0. The highest BCUT2D eigenvalue weighted by atomic mass is 32.2. The van der Waals surface area contributed by atoms with E-state index in [0.717, 1.165) is 0 Å². The van der Waals surface area contributed by atoms with E-state index in [2.05, 4.69) is 91.9 Å². The summed E-state index contributed by atoms with van der Waals surface area (Å²) >= 11 is 0. The molecule has 3 rings (SSSR count). The molecule has 0 bridgehead atoms. The van der Waals surface area contributed by atoms with Gasteiger partial charge >= 0.3 is 0 Å². The molecule has 0 aliphatic heterocycles. The van der Waals surface area contributed by atoms with Crippen molar-refractivity contribution >= 4 is 34.8 Å². The third-order valence-corrected chi connectivity index (χ3v) is 9.39. The van der Waals surface area contributed by atoms with Crippen LogP contribution >= 0.6 is 7.92 Å². The Morgan fingerprint density at radius 2 is 1.24 bits per heavy atom. The predicted octanol–water partition coefficient (Wildman–Crippen LogP) is 4.90. The largest absolute Gasteiger partial charge is 0.242 e. The molecular formula is C25H30NOPS. The Labute approximate surface area is 179 Å². The first kappa shape index (κ1) is 21.9. The lowest BCUT2D eigenvalue weighted by Crippen LogP contribution is -2.38. The van der Waals surface area contributed by atoms with Crippen LogP contribution in [-0.2, 0) is 11.0 Å². The maximum Gasteiger partial charge on any atom is 0.1000 e. The Kier molecular flexibility index (Phi) is 7.05. The predicted molar refractivity (Wildman–Crippen MR) is 129 cm³/mol. The third kappa shape index (κ3) is 5.04. The SMILES string of the molecule is CC(c1ccccc1P(c1ccccc1)c1ccccc1)N(C)S(=O)C(C)(C)C. The van der Waals surface area contributed by atoms with Gasteiger partial charge in [-0.25, -0.2) is 8.51 Å². The molecule has 0 N–H and O–H groups in total. The highest BCUT2D eigenvalue weighted by molar-refractivity contribution is 7.84. The lowest BCUT2D eigenvalue weighted by atomic mass is 10.1. The minimum Gasteiger partial charge on any atom is -0.242 e. The molecule has 2 atom stereocenters. The van der Waals surface area contributed by atoms with E-state index >= 15 is 0 Å². The fourth-order valence-corrected chi connectivity index (χ4v) is 7.21. The molecule has 0 radical (unpaired) electrons. The Hall–Kier alpha value is -1.80. The molecule has 2 nitrogen and oxygen atoms in total. The summed E-state index contributed by atoms with van der Waals surface area (Å²) < 4.78 is 14.8. The first-order valence-electron chi connectivity index (χ1n) is 9.94. The van der Waals surface area contributed by atoms with Crippen LogP contribution in [0.15, 0.2) is 84.9 Å². The Bertz CT molecular complexity index is 914. The van der Waals surface area contributed by atoms with Crippen molar-refractivity contribution in [3.8, 4) is 0 Å². The van der Waals surface area contributed by atoms with Crippen molar-refractivity contribution < 1.29 is 4.21 Å². The molecule has 0 saturated heterocycles. The average molecular weight is 424 g/mol. The molecule has 0 aromatic heterocycles. The van der Waals surface area contributed by atoms with E-state index in [0.29, 0.717) is 0 Å². The lowest BCUT2D eigenvalue weighted by molar-refractivity contribution is 0.419. The molecule has 152 valence electrons. The van der Waals surface area contributed by atoms with Crippen molar-refractivity contribution in [3.63, 3.8) is 0 Å². The standard InChI is InChI=1S/C25H30NOPS/c1-20(26(5)29(27)25(2,3)4)23-18-12-13-19-24(23)28(21-14-8-6-9-15-21)22-16-10-7-11-17-22/h6-20H,1-5H3. The minimum atomic E-state index is -1.08. The summed E-state index contributed by atoms with van der Waals surface area (Å²) in [6.45, 7) is 8.24. The molecule has 0 aliphatic carbocycles. The van der Waals surface area contributed by atoms with Crippen LogP contribution in [0.4, 0.5) is 0 Å². The van der Waals surface area contributed by atoms with Crippen LogP contribution in [0, 0.1) is 0 Å². The molecule has 0 saturated carbocycles. The lowest BCUT2D eigenvalue weighted by Gasteiger charge is -2.32. The van der Waals surface area contributed by atoms with Crippen LogP contribution in [0.2, 0.25) is 0 Å². The fourth-order valence-electron chi connectivity index (χ4n) is 3.40. The van der Waals surface area contributed by atoms with E-state index in [1.54, 1.807) is 0 Å². The normalized spacial score (nSPS) is 14.2. The van der Waals surface area contributed by atoms with E-state index in [-0.39, 0.29) is 10.8 Å². The van der Waals surface area contributed by atoms with Crippen LogP contribution in [0.5, 0.6) is 0 Å². The van der Waals surface area contributed by atoms with Crippen molar-refractivity contribution in [1.29, 1.82) is 0 Å². The van der Waals surface area contributed by atoms with E-state index < -0.39 is 18.9 Å². The summed E-state index contributed by atoms with van der Waals surface area (Å²) in [6.07, 6.45) is 0. The van der Waals surface area contributed by atoms with E-state index in [4.69, 9.17) is 0 Å². The maximum absolute atomic E-state index is 13.0. The maximum atomic E-state index is 13.0. The molecule has 4 heteroatoms. The smallest absolute Gasteiger partial charge is 0.1000 e. The zero-order valence-electron chi connectivity index (χ0n) is 17.9. The van der Waals surface area contributed by atoms with Gasteiger partial charge in [-0.05, 0) is 57.1 Å². The van der Waals surface area contributed by atoms with Gasteiger partial charge in [-0.2, -0.15) is 0 Å². The van der Waals surface area contributed by atoms with Crippen molar-refractivity contribution in [3.05, 3.63) is 90.5 Å². The Morgan fingerprint density at radius 1 is 0.793 bits per heavy atom. The number of benzene rings is 3. The van der Waals surface area contributed by atoms with Gasteiger partial charge < -0.3 is 0 Å². The van der Waals surface area contributed by atoms with Crippen LogP contribution < -0.4 is 15.9 Å². The first-order valence-corrected chi connectivity index (χ1v) is 12.4. The molecule has 3 aromatic rings. The van der Waals surface area contributed by atoms with Gasteiger partial charge in [0.05, 0.1) is 15.7 Å². The van der Waals surface area contributed by atoms with Gasteiger partial charge in [0, 0.05) is 13.1 Å². The zero-order valence-corrected chi connectivity index (χ0v) is 19.6. The second-order valence-electron chi connectivity index (χ2n) is 8.15. The third-order valence-electron chi connectivity index (χ3n) is 4.99. The molecule has 0 fully saturated rings. The quantitative estimate of drug-likeness (QED) is 0.517. The van der Waals surface area contributed by atoms with E-state index in [1.807, 2.05) is 32.1 Å². The van der Waals surface area contributed by atoms with Crippen molar-refractivity contribution in [2.45, 2.75) is 38.5 Å². The number of hydrogen-bond donors (Lipinski definition) is 0. The molecule has 0 amide bonds. The second kappa shape index (κ2) is 9.34. The van der Waals surface area contributed by atoms with Crippen molar-refractivity contribution in [2.24, 2.45) is 0 Å². The molecule has 29 heavy (non-hydrogen) atoms. The van der Waals surface area contributed by atoms with Gasteiger partial charge in [0.2, 0.25) is 0 Å².